The van der Waals surface area contributed by atoms with Gasteiger partial charge in [0.15, 0.2) is 0 Å². The van der Waals surface area contributed by atoms with E-state index in [0.717, 1.165) is 5.69 Å². The number of carboxylic acid groups (broad SMARTS) is 1. The Morgan fingerprint density at radius 1 is 1.62 bits per heavy atom. The summed E-state index contributed by atoms with van der Waals surface area (Å²) in [6.07, 6.45) is 1.65. The van der Waals surface area contributed by atoms with Crippen LogP contribution in [0.1, 0.15) is 31.3 Å². The van der Waals surface area contributed by atoms with Crippen LogP contribution in [0.2, 0.25) is 0 Å². The van der Waals surface area contributed by atoms with Crippen molar-refractivity contribution in [3.05, 3.63) is 17.7 Å². The number of rotatable bonds is 3. The number of nitrogens with one attached hydrogen (secondary N) is 1. The van der Waals surface area contributed by atoms with E-state index in [1.807, 2.05) is 20.8 Å². The third-order valence-electron chi connectivity index (χ3n) is 1.95. The van der Waals surface area contributed by atoms with Gasteiger partial charge < -0.3 is 10.1 Å². The lowest BCUT2D eigenvalue weighted by Gasteiger charge is -2.12. The second-order valence-electron chi connectivity index (χ2n) is 3.51. The van der Waals surface area contributed by atoms with Gasteiger partial charge in [0.25, 0.3) is 0 Å². The van der Waals surface area contributed by atoms with Crippen molar-refractivity contribution in [2.75, 3.05) is 0 Å². The van der Waals surface area contributed by atoms with Crippen molar-refractivity contribution >= 4 is 5.97 Å². The lowest BCUT2D eigenvalue weighted by atomic mass is 9.95. The number of H-pyrrole nitrogens is 1. The molecule has 0 spiro atoms. The van der Waals surface area contributed by atoms with Crippen molar-refractivity contribution in [2.45, 2.75) is 26.7 Å². The molecule has 72 valence electrons. The van der Waals surface area contributed by atoms with Crippen LogP contribution >= 0.6 is 0 Å². The number of hydrogen-bond acceptors (Lipinski definition) is 2. The topological polar surface area (TPSA) is 66.0 Å². The molecule has 1 aromatic rings. The Morgan fingerprint density at radius 3 is 2.54 bits per heavy atom. The molecule has 4 nitrogen and oxygen atoms in total. The summed E-state index contributed by atoms with van der Waals surface area (Å²) in [5.74, 6) is -0.777. The maximum absolute atomic E-state index is 10.9. The molecule has 2 N–H and O–H groups in total. The molecule has 1 aromatic heterocycles. The molecule has 1 rings (SSSR count). The fraction of sp³-hybridized carbons (Fsp3) is 0.556. The highest BCUT2D eigenvalue weighted by molar-refractivity contribution is 5.75. The zero-order valence-electron chi connectivity index (χ0n) is 8.03. The normalized spacial score (nSPS) is 13.2. The highest BCUT2D eigenvalue weighted by Crippen LogP contribution is 2.21. The summed E-state index contributed by atoms with van der Waals surface area (Å²) in [4.78, 5) is 17.9. The molecule has 0 bridgehead atoms. The lowest BCUT2D eigenvalue weighted by molar-refractivity contribution is -0.140. The van der Waals surface area contributed by atoms with Crippen LogP contribution in [0.25, 0.3) is 0 Å². The molecule has 1 heterocycles. The number of carbonyl (C=O) groups is 1. The van der Waals surface area contributed by atoms with E-state index in [9.17, 15) is 4.79 Å². The van der Waals surface area contributed by atoms with E-state index in [-0.39, 0.29) is 5.92 Å². The van der Waals surface area contributed by atoms with Gasteiger partial charge in [-0.3, -0.25) is 4.79 Å². The quantitative estimate of drug-likeness (QED) is 0.745. The Hall–Kier alpha value is -1.32. The van der Waals surface area contributed by atoms with Gasteiger partial charge in [0.1, 0.15) is 11.7 Å². The molecule has 0 aliphatic carbocycles. The highest BCUT2D eigenvalue weighted by atomic mass is 16.4. The van der Waals surface area contributed by atoms with Gasteiger partial charge in [0, 0.05) is 11.9 Å². The minimum absolute atomic E-state index is 0.0445. The van der Waals surface area contributed by atoms with Gasteiger partial charge in [-0.05, 0) is 12.8 Å². The molecule has 0 saturated carbocycles. The van der Waals surface area contributed by atoms with E-state index in [2.05, 4.69) is 9.97 Å². The summed E-state index contributed by atoms with van der Waals surface area (Å²) in [6, 6.07) is 0. The Kier molecular flexibility index (Phi) is 2.70. The molecule has 0 radical (unpaired) electrons. The van der Waals surface area contributed by atoms with E-state index in [1.165, 1.54) is 0 Å². The predicted octanol–water partition coefficient (Wildman–Crippen LogP) is 1.54. The van der Waals surface area contributed by atoms with E-state index < -0.39 is 11.9 Å². The number of aromatic amines is 1. The SMILES string of the molecule is Cc1cnc(C(C(=O)O)C(C)C)[nH]1. The fourth-order valence-electron chi connectivity index (χ4n) is 1.31. The highest BCUT2D eigenvalue weighted by Gasteiger charge is 2.25. The average Bonchev–Trinajstić information content (AvgIpc) is 2.34. The van der Waals surface area contributed by atoms with Crippen LogP contribution in [0.3, 0.4) is 0 Å². The number of carboxylic acids is 1. The summed E-state index contributed by atoms with van der Waals surface area (Å²) in [5, 5.41) is 8.95. The van der Waals surface area contributed by atoms with Crippen LogP contribution in [0.15, 0.2) is 6.20 Å². The van der Waals surface area contributed by atoms with Crippen LogP contribution in [0.4, 0.5) is 0 Å². The van der Waals surface area contributed by atoms with Gasteiger partial charge in [0.05, 0.1) is 0 Å². The fourth-order valence-corrected chi connectivity index (χ4v) is 1.31. The first-order valence-electron chi connectivity index (χ1n) is 4.26. The summed E-state index contributed by atoms with van der Waals surface area (Å²) < 4.78 is 0. The standard InChI is InChI=1S/C9H14N2O2/c1-5(2)7(9(12)13)8-10-4-6(3)11-8/h4-5,7H,1-3H3,(H,10,11)(H,12,13). The molecule has 0 fully saturated rings. The van der Waals surface area contributed by atoms with Gasteiger partial charge in [-0.2, -0.15) is 0 Å². The van der Waals surface area contributed by atoms with Crippen molar-refractivity contribution in [3.8, 4) is 0 Å². The van der Waals surface area contributed by atoms with Crippen molar-refractivity contribution < 1.29 is 9.90 Å². The van der Waals surface area contributed by atoms with Gasteiger partial charge in [-0.25, -0.2) is 4.98 Å². The van der Waals surface area contributed by atoms with Gasteiger partial charge >= 0.3 is 5.97 Å². The first kappa shape index (κ1) is 9.77. The number of imidazole rings is 1. The molecule has 0 amide bonds. The smallest absolute Gasteiger partial charge is 0.314 e. The first-order chi connectivity index (χ1) is 6.02. The summed E-state index contributed by atoms with van der Waals surface area (Å²) in [7, 11) is 0. The summed E-state index contributed by atoms with van der Waals surface area (Å²) in [5.41, 5.74) is 0.891. The van der Waals surface area contributed by atoms with Crippen LogP contribution in [0.5, 0.6) is 0 Å². The molecular formula is C9H14N2O2. The largest absolute Gasteiger partial charge is 0.481 e. The molecule has 0 aliphatic heterocycles. The number of nitrogens with zero attached hydrogens (tertiary/aromatic N) is 1. The van der Waals surface area contributed by atoms with Crippen molar-refractivity contribution in [3.63, 3.8) is 0 Å². The molecule has 13 heavy (non-hydrogen) atoms. The molecule has 0 aromatic carbocycles. The minimum Gasteiger partial charge on any atom is -0.481 e. The Labute approximate surface area is 77.0 Å². The monoisotopic (exact) mass is 182 g/mol. The Morgan fingerprint density at radius 2 is 2.23 bits per heavy atom. The third kappa shape index (κ3) is 2.08. The van der Waals surface area contributed by atoms with Crippen molar-refractivity contribution in [2.24, 2.45) is 5.92 Å². The van der Waals surface area contributed by atoms with Crippen molar-refractivity contribution in [1.82, 2.24) is 9.97 Å². The van der Waals surface area contributed by atoms with Crippen molar-refractivity contribution in [1.29, 1.82) is 0 Å². The summed E-state index contributed by atoms with van der Waals surface area (Å²) in [6.45, 7) is 5.60. The van der Waals surface area contributed by atoms with E-state index in [1.54, 1.807) is 6.20 Å². The zero-order chi connectivity index (χ0) is 10.0. The van der Waals surface area contributed by atoms with Crippen LogP contribution in [-0.4, -0.2) is 21.0 Å². The predicted molar refractivity (Wildman–Crippen MR) is 48.5 cm³/mol. The van der Waals surface area contributed by atoms with Crippen LogP contribution in [0, 0.1) is 12.8 Å². The van der Waals surface area contributed by atoms with Crippen LogP contribution < -0.4 is 0 Å². The van der Waals surface area contributed by atoms with E-state index >= 15 is 0 Å². The zero-order valence-corrected chi connectivity index (χ0v) is 8.03. The Bertz CT molecular complexity index is 304. The number of hydrogen-bond donors (Lipinski definition) is 2. The second kappa shape index (κ2) is 3.60. The number of aliphatic carboxylic acids is 1. The molecular weight excluding hydrogens is 168 g/mol. The third-order valence-corrected chi connectivity index (χ3v) is 1.95. The summed E-state index contributed by atoms with van der Waals surface area (Å²) >= 11 is 0. The molecule has 0 saturated heterocycles. The maximum atomic E-state index is 10.9. The second-order valence-corrected chi connectivity index (χ2v) is 3.51. The molecule has 0 aliphatic rings. The lowest BCUT2D eigenvalue weighted by Crippen LogP contribution is -2.18. The van der Waals surface area contributed by atoms with E-state index in [0.29, 0.717) is 5.82 Å². The maximum Gasteiger partial charge on any atom is 0.314 e. The Balaban J connectivity index is 2.95. The molecule has 1 atom stereocenters. The minimum atomic E-state index is -0.829. The number of aryl methyl sites for hydroxylation is 1. The number of aromatic nitrogens is 2. The van der Waals surface area contributed by atoms with Gasteiger partial charge in [-0.1, -0.05) is 13.8 Å². The van der Waals surface area contributed by atoms with Gasteiger partial charge in [-0.15, -0.1) is 0 Å². The molecule has 1 unspecified atom stereocenters. The molecule has 4 heteroatoms. The average molecular weight is 182 g/mol. The first-order valence-corrected chi connectivity index (χ1v) is 4.26. The van der Waals surface area contributed by atoms with Crippen LogP contribution in [-0.2, 0) is 4.79 Å². The van der Waals surface area contributed by atoms with E-state index in [4.69, 9.17) is 5.11 Å². The van der Waals surface area contributed by atoms with Gasteiger partial charge in [0.2, 0.25) is 0 Å².